The SMILES string of the molecule is Nc1ccccc1N1C2CCC1CNC2. The van der Waals surface area contributed by atoms with Crippen LogP contribution in [0.15, 0.2) is 24.3 Å². The number of nitrogens with zero attached hydrogens (tertiary/aromatic N) is 1. The van der Waals surface area contributed by atoms with Crippen LogP contribution in [0.3, 0.4) is 0 Å². The molecule has 3 rings (SSSR count). The molecule has 3 N–H and O–H groups in total. The highest BCUT2D eigenvalue weighted by Crippen LogP contribution is 2.35. The number of hydrogen-bond acceptors (Lipinski definition) is 3. The minimum absolute atomic E-state index is 0.647. The molecule has 2 fully saturated rings. The minimum Gasteiger partial charge on any atom is -0.397 e. The van der Waals surface area contributed by atoms with Crippen LogP contribution in [0.25, 0.3) is 0 Å². The van der Waals surface area contributed by atoms with Gasteiger partial charge >= 0.3 is 0 Å². The number of benzene rings is 1. The van der Waals surface area contributed by atoms with Crippen LogP contribution in [0, 0.1) is 0 Å². The molecule has 2 atom stereocenters. The summed E-state index contributed by atoms with van der Waals surface area (Å²) in [5.74, 6) is 0. The van der Waals surface area contributed by atoms with Crippen molar-refractivity contribution < 1.29 is 0 Å². The second-order valence-electron chi connectivity index (χ2n) is 4.51. The first-order valence-electron chi connectivity index (χ1n) is 5.70. The maximum Gasteiger partial charge on any atom is 0.0605 e. The summed E-state index contributed by atoms with van der Waals surface area (Å²) in [6, 6.07) is 9.51. The van der Waals surface area contributed by atoms with Crippen LogP contribution in [-0.2, 0) is 0 Å². The molecule has 2 aliphatic rings. The lowest BCUT2D eigenvalue weighted by atomic mass is 10.1. The van der Waals surface area contributed by atoms with Crippen LogP contribution in [0.1, 0.15) is 12.8 Å². The van der Waals surface area contributed by atoms with Crippen molar-refractivity contribution in [3.63, 3.8) is 0 Å². The highest BCUT2D eigenvalue weighted by atomic mass is 15.3. The van der Waals surface area contributed by atoms with Gasteiger partial charge in [0.05, 0.1) is 11.4 Å². The quantitative estimate of drug-likeness (QED) is 0.674. The normalized spacial score (nSPS) is 29.5. The summed E-state index contributed by atoms with van der Waals surface area (Å²) in [5.41, 5.74) is 8.18. The van der Waals surface area contributed by atoms with Gasteiger partial charge in [-0.25, -0.2) is 0 Å². The van der Waals surface area contributed by atoms with Gasteiger partial charge in [-0.2, -0.15) is 0 Å². The van der Waals surface area contributed by atoms with Crippen molar-refractivity contribution in [3.8, 4) is 0 Å². The minimum atomic E-state index is 0.647. The van der Waals surface area contributed by atoms with E-state index in [4.69, 9.17) is 5.73 Å². The molecule has 2 saturated heterocycles. The van der Waals surface area contributed by atoms with Crippen molar-refractivity contribution in [3.05, 3.63) is 24.3 Å². The first-order chi connectivity index (χ1) is 7.36. The molecule has 15 heavy (non-hydrogen) atoms. The van der Waals surface area contributed by atoms with Crippen LogP contribution in [-0.4, -0.2) is 25.2 Å². The molecular weight excluding hydrogens is 186 g/mol. The van der Waals surface area contributed by atoms with E-state index in [2.05, 4.69) is 22.3 Å². The van der Waals surface area contributed by atoms with E-state index in [1.807, 2.05) is 12.1 Å². The number of nitrogens with two attached hydrogens (primary N) is 1. The summed E-state index contributed by atoms with van der Waals surface area (Å²) in [4.78, 5) is 2.52. The molecule has 1 aromatic carbocycles. The first-order valence-corrected chi connectivity index (χ1v) is 5.70. The Bertz CT molecular complexity index is 348. The molecule has 0 saturated carbocycles. The van der Waals surface area contributed by atoms with Gasteiger partial charge in [-0.3, -0.25) is 0 Å². The summed E-state index contributed by atoms with van der Waals surface area (Å²) in [6.45, 7) is 2.20. The number of hydrogen-bond donors (Lipinski definition) is 2. The molecule has 1 aromatic rings. The molecule has 3 heteroatoms. The van der Waals surface area contributed by atoms with E-state index in [1.54, 1.807) is 0 Å². The summed E-state index contributed by atoms with van der Waals surface area (Å²) >= 11 is 0. The second-order valence-corrected chi connectivity index (χ2v) is 4.51. The van der Waals surface area contributed by atoms with Crippen molar-refractivity contribution in [2.24, 2.45) is 0 Å². The van der Waals surface area contributed by atoms with Crippen molar-refractivity contribution >= 4 is 11.4 Å². The number of anilines is 2. The lowest BCUT2D eigenvalue weighted by Gasteiger charge is -2.37. The zero-order chi connectivity index (χ0) is 10.3. The summed E-state index contributed by atoms with van der Waals surface area (Å²) in [6.07, 6.45) is 2.60. The van der Waals surface area contributed by atoms with Gasteiger partial charge in [0.2, 0.25) is 0 Å². The average Bonchev–Trinajstić information content (AvgIpc) is 2.50. The van der Waals surface area contributed by atoms with E-state index in [-0.39, 0.29) is 0 Å². The second kappa shape index (κ2) is 3.42. The zero-order valence-corrected chi connectivity index (χ0v) is 8.82. The zero-order valence-electron chi connectivity index (χ0n) is 8.82. The van der Waals surface area contributed by atoms with Gasteiger partial charge in [-0.1, -0.05) is 12.1 Å². The Morgan fingerprint density at radius 2 is 1.80 bits per heavy atom. The van der Waals surface area contributed by atoms with Crippen LogP contribution < -0.4 is 16.0 Å². The highest BCUT2D eigenvalue weighted by Gasteiger charge is 2.36. The number of piperazine rings is 1. The van der Waals surface area contributed by atoms with E-state index in [9.17, 15) is 0 Å². The summed E-state index contributed by atoms with van der Waals surface area (Å²) < 4.78 is 0. The molecule has 2 unspecified atom stereocenters. The first kappa shape index (κ1) is 9.04. The Morgan fingerprint density at radius 3 is 2.47 bits per heavy atom. The van der Waals surface area contributed by atoms with Gasteiger partial charge in [0.1, 0.15) is 0 Å². The number of para-hydroxylation sites is 2. The lowest BCUT2D eigenvalue weighted by molar-refractivity contribution is 0.485. The average molecular weight is 203 g/mol. The predicted octanol–water partition coefficient (Wildman–Crippen LogP) is 1.21. The van der Waals surface area contributed by atoms with E-state index in [0.717, 1.165) is 18.8 Å². The van der Waals surface area contributed by atoms with Gasteiger partial charge in [-0.05, 0) is 25.0 Å². The Morgan fingerprint density at radius 1 is 1.13 bits per heavy atom. The third kappa shape index (κ3) is 1.38. The van der Waals surface area contributed by atoms with Gasteiger partial charge in [0, 0.05) is 25.2 Å². The lowest BCUT2D eigenvalue weighted by Crippen LogP contribution is -2.52. The fourth-order valence-electron chi connectivity index (χ4n) is 2.89. The number of rotatable bonds is 1. The van der Waals surface area contributed by atoms with Gasteiger partial charge in [0.15, 0.2) is 0 Å². The Balaban J connectivity index is 1.97. The molecule has 2 aliphatic heterocycles. The Hall–Kier alpha value is -1.22. The van der Waals surface area contributed by atoms with E-state index in [0.29, 0.717) is 12.1 Å². The van der Waals surface area contributed by atoms with E-state index >= 15 is 0 Å². The molecule has 3 nitrogen and oxygen atoms in total. The maximum absolute atomic E-state index is 6.04. The Labute approximate surface area is 90.3 Å². The smallest absolute Gasteiger partial charge is 0.0605 e. The molecular formula is C12H17N3. The van der Waals surface area contributed by atoms with Crippen LogP contribution in [0.4, 0.5) is 11.4 Å². The monoisotopic (exact) mass is 203 g/mol. The van der Waals surface area contributed by atoms with Crippen molar-refractivity contribution in [2.45, 2.75) is 24.9 Å². The highest BCUT2D eigenvalue weighted by molar-refractivity contribution is 5.69. The fourth-order valence-corrected chi connectivity index (χ4v) is 2.89. The largest absolute Gasteiger partial charge is 0.397 e. The van der Waals surface area contributed by atoms with Gasteiger partial charge in [0.25, 0.3) is 0 Å². The van der Waals surface area contributed by atoms with E-state index in [1.165, 1.54) is 18.5 Å². The van der Waals surface area contributed by atoms with Crippen LogP contribution in [0.2, 0.25) is 0 Å². The van der Waals surface area contributed by atoms with Crippen LogP contribution >= 0.6 is 0 Å². The van der Waals surface area contributed by atoms with Crippen molar-refractivity contribution in [1.82, 2.24) is 5.32 Å². The molecule has 2 heterocycles. The van der Waals surface area contributed by atoms with E-state index < -0.39 is 0 Å². The standard InChI is InChI=1S/C12H17N3/c13-11-3-1-2-4-12(11)15-9-5-6-10(15)8-14-7-9/h1-4,9-10,14H,5-8,13H2. The summed E-state index contributed by atoms with van der Waals surface area (Å²) in [5, 5.41) is 3.48. The van der Waals surface area contributed by atoms with Crippen LogP contribution in [0.5, 0.6) is 0 Å². The maximum atomic E-state index is 6.04. The topological polar surface area (TPSA) is 41.3 Å². The van der Waals surface area contributed by atoms with Gasteiger partial charge < -0.3 is 16.0 Å². The predicted molar refractivity (Wildman–Crippen MR) is 63.0 cm³/mol. The third-order valence-corrected chi connectivity index (χ3v) is 3.59. The molecule has 0 amide bonds. The Kier molecular flexibility index (Phi) is 2.06. The summed E-state index contributed by atoms with van der Waals surface area (Å²) in [7, 11) is 0. The van der Waals surface area contributed by atoms with Crippen molar-refractivity contribution in [2.75, 3.05) is 23.7 Å². The number of nitrogens with one attached hydrogen (secondary N) is 1. The molecule has 0 aliphatic carbocycles. The van der Waals surface area contributed by atoms with Crippen molar-refractivity contribution in [1.29, 1.82) is 0 Å². The molecule has 80 valence electrons. The molecule has 0 radical (unpaired) electrons. The number of nitrogen functional groups attached to an aromatic ring is 1. The molecule has 2 bridgehead atoms. The number of fused-ring (bicyclic) bond motifs is 2. The molecule has 0 aromatic heterocycles. The van der Waals surface area contributed by atoms with Gasteiger partial charge in [-0.15, -0.1) is 0 Å². The third-order valence-electron chi connectivity index (χ3n) is 3.59. The fraction of sp³-hybridized carbons (Fsp3) is 0.500. The molecule has 0 spiro atoms.